The number of ether oxygens (including phenoxy) is 1. The van der Waals surface area contributed by atoms with E-state index in [1.165, 1.54) is 29.2 Å². The van der Waals surface area contributed by atoms with Crippen LogP contribution in [-0.2, 0) is 11.0 Å². The summed E-state index contributed by atoms with van der Waals surface area (Å²) in [6, 6.07) is 5.31. The Labute approximate surface area is 138 Å². The molecule has 0 saturated carbocycles. The zero-order chi connectivity index (χ0) is 17.7. The largest absolute Gasteiger partial charge is 0.459 e. The summed E-state index contributed by atoms with van der Waals surface area (Å²) in [4.78, 5) is 13.6. The molecule has 0 aliphatic rings. The Hall–Kier alpha value is -2.23. The third kappa shape index (κ3) is 4.63. The maximum Gasteiger partial charge on any atom is 0.445 e. The second-order valence-electron chi connectivity index (χ2n) is 4.68. The number of aromatic nitrogens is 2. The minimum absolute atomic E-state index is 0.215. The zero-order valence-electron chi connectivity index (χ0n) is 12.5. The molecule has 0 bridgehead atoms. The summed E-state index contributed by atoms with van der Waals surface area (Å²) in [5, 5.41) is 4.73. The number of hydrogen-bond acceptors (Lipinski definition) is 5. The fourth-order valence-electron chi connectivity index (χ4n) is 1.83. The van der Waals surface area contributed by atoms with Crippen molar-refractivity contribution in [3.05, 3.63) is 35.1 Å². The fourth-order valence-corrected chi connectivity index (χ4v) is 2.39. The van der Waals surface area contributed by atoms with E-state index in [2.05, 4.69) is 10.2 Å². The SMILES string of the molecule is CCCN(C(=O)COc1nnc(C(F)(F)F)s1)c1ccc(F)cc1. The summed E-state index contributed by atoms with van der Waals surface area (Å²) in [5.74, 6) is -0.917. The van der Waals surface area contributed by atoms with Crippen LogP contribution in [0.1, 0.15) is 18.4 Å². The molecule has 1 heterocycles. The summed E-state index contributed by atoms with van der Waals surface area (Å²) < 4.78 is 55.3. The first kappa shape index (κ1) is 18.1. The highest BCUT2D eigenvalue weighted by Crippen LogP contribution is 2.33. The summed E-state index contributed by atoms with van der Waals surface area (Å²) in [6.45, 7) is 1.71. The van der Waals surface area contributed by atoms with Gasteiger partial charge in [0, 0.05) is 12.2 Å². The van der Waals surface area contributed by atoms with Crippen LogP contribution in [0.25, 0.3) is 0 Å². The van der Waals surface area contributed by atoms with Crippen molar-refractivity contribution in [1.29, 1.82) is 0 Å². The molecule has 0 aliphatic carbocycles. The first-order chi connectivity index (χ1) is 11.3. The van der Waals surface area contributed by atoms with E-state index in [-0.39, 0.29) is 16.5 Å². The summed E-state index contributed by atoms with van der Waals surface area (Å²) in [7, 11) is 0. The lowest BCUT2D eigenvalue weighted by molar-refractivity contribution is -0.138. The van der Waals surface area contributed by atoms with E-state index in [0.717, 1.165) is 0 Å². The van der Waals surface area contributed by atoms with Gasteiger partial charge in [-0.3, -0.25) is 4.79 Å². The molecule has 130 valence electrons. The van der Waals surface area contributed by atoms with Crippen molar-refractivity contribution < 1.29 is 27.1 Å². The van der Waals surface area contributed by atoms with E-state index in [1.807, 2.05) is 6.92 Å². The molecule has 1 aromatic heterocycles. The summed E-state index contributed by atoms with van der Waals surface area (Å²) in [6.07, 6.45) is -3.97. The molecule has 0 saturated heterocycles. The van der Waals surface area contributed by atoms with Crippen molar-refractivity contribution in [1.82, 2.24) is 10.2 Å². The normalized spacial score (nSPS) is 11.4. The number of hydrogen-bond donors (Lipinski definition) is 0. The number of benzene rings is 1. The molecule has 10 heteroatoms. The van der Waals surface area contributed by atoms with Gasteiger partial charge < -0.3 is 9.64 Å². The highest BCUT2D eigenvalue weighted by Gasteiger charge is 2.36. The highest BCUT2D eigenvalue weighted by molar-refractivity contribution is 7.13. The van der Waals surface area contributed by atoms with Crippen LogP contribution in [-0.4, -0.2) is 29.3 Å². The Kier molecular flexibility index (Phi) is 5.71. The quantitative estimate of drug-likeness (QED) is 0.737. The van der Waals surface area contributed by atoms with Crippen molar-refractivity contribution in [2.24, 2.45) is 0 Å². The maximum absolute atomic E-state index is 13.0. The molecule has 0 fully saturated rings. The van der Waals surface area contributed by atoms with Crippen LogP contribution in [0.3, 0.4) is 0 Å². The van der Waals surface area contributed by atoms with Gasteiger partial charge in [0.2, 0.25) is 5.01 Å². The van der Waals surface area contributed by atoms with Gasteiger partial charge >= 0.3 is 6.18 Å². The van der Waals surface area contributed by atoms with Gasteiger partial charge in [-0.25, -0.2) is 4.39 Å². The molecule has 1 aromatic carbocycles. The van der Waals surface area contributed by atoms with Crippen LogP contribution in [0.4, 0.5) is 23.2 Å². The Morgan fingerprint density at radius 1 is 1.25 bits per heavy atom. The highest BCUT2D eigenvalue weighted by atomic mass is 32.1. The summed E-state index contributed by atoms with van der Waals surface area (Å²) in [5.41, 5.74) is 0.472. The fraction of sp³-hybridized carbons (Fsp3) is 0.357. The first-order valence-electron chi connectivity index (χ1n) is 6.90. The smallest absolute Gasteiger partial charge is 0.445 e. The number of anilines is 1. The van der Waals surface area contributed by atoms with Gasteiger partial charge in [0.25, 0.3) is 11.1 Å². The number of carbonyl (C=O) groups excluding carboxylic acids is 1. The van der Waals surface area contributed by atoms with Gasteiger partial charge in [0.15, 0.2) is 6.61 Å². The number of carbonyl (C=O) groups is 1. The molecule has 0 atom stereocenters. The summed E-state index contributed by atoms with van der Waals surface area (Å²) >= 11 is 0.215. The first-order valence-corrected chi connectivity index (χ1v) is 7.72. The molecule has 2 rings (SSSR count). The van der Waals surface area contributed by atoms with Crippen LogP contribution in [0.2, 0.25) is 0 Å². The third-order valence-corrected chi connectivity index (χ3v) is 3.74. The average molecular weight is 363 g/mol. The monoisotopic (exact) mass is 363 g/mol. The average Bonchev–Trinajstić information content (AvgIpc) is 3.00. The van der Waals surface area contributed by atoms with E-state index in [9.17, 15) is 22.4 Å². The molecular weight excluding hydrogens is 350 g/mol. The Balaban J connectivity index is 2.03. The molecule has 0 N–H and O–H groups in total. The van der Waals surface area contributed by atoms with E-state index in [4.69, 9.17) is 4.74 Å². The minimum atomic E-state index is -4.61. The standard InChI is InChI=1S/C14H13F4N3O2S/c1-2-7-21(10-5-3-9(15)4-6-10)11(22)8-23-13-20-19-12(24-13)14(16,17)18/h3-6H,2,7-8H2,1H3. The van der Waals surface area contributed by atoms with E-state index in [1.54, 1.807) is 0 Å². The van der Waals surface area contributed by atoms with Gasteiger partial charge in [-0.15, -0.1) is 5.10 Å². The maximum atomic E-state index is 13.0. The lowest BCUT2D eigenvalue weighted by Gasteiger charge is -2.22. The van der Waals surface area contributed by atoms with Crippen molar-refractivity contribution in [2.45, 2.75) is 19.5 Å². The molecular formula is C14H13F4N3O2S. The van der Waals surface area contributed by atoms with E-state index < -0.39 is 29.5 Å². The number of nitrogens with zero attached hydrogens (tertiary/aromatic N) is 3. The van der Waals surface area contributed by atoms with Gasteiger partial charge in [-0.2, -0.15) is 13.2 Å². The van der Waals surface area contributed by atoms with E-state index >= 15 is 0 Å². The molecule has 0 unspecified atom stereocenters. The molecule has 0 radical (unpaired) electrons. The second-order valence-corrected chi connectivity index (χ2v) is 5.62. The molecule has 1 amide bonds. The van der Waals surface area contributed by atoms with Crippen LogP contribution in [0, 0.1) is 5.82 Å². The van der Waals surface area contributed by atoms with Crippen molar-refractivity contribution in [2.75, 3.05) is 18.1 Å². The molecule has 2 aromatic rings. The predicted octanol–water partition coefficient (Wildman–Crippen LogP) is 3.52. The van der Waals surface area contributed by atoms with Crippen LogP contribution >= 0.6 is 11.3 Å². The number of alkyl halides is 3. The van der Waals surface area contributed by atoms with Gasteiger partial charge in [0.1, 0.15) is 5.82 Å². The molecule has 0 aliphatic heterocycles. The van der Waals surface area contributed by atoms with Crippen molar-refractivity contribution in [3.63, 3.8) is 0 Å². The molecule has 24 heavy (non-hydrogen) atoms. The topological polar surface area (TPSA) is 55.3 Å². The Morgan fingerprint density at radius 2 is 1.92 bits per heavy atom. The molecule has 5 nitrogen and oxygen atoms in total. The number of halogens is 4. The lowest BCUT2D eigenvalue weighted by Crippen LogP contribution is -2.35. The van der Waals surface area contributed by atoms with Crippen molar-refractivity contribution in [3.8, 4) is 5.19 Å². The zero-order valence-corrected chi connectivity index (χ0v) is 13.3. The Bertz CT molecular complexity index is 688. The second kappa shape index (κ2) is 7.56. The van der Waals surface area contributed by atoms with Crippen LogP contribution < -0.4 is 9.64 Å². The van der Waals surface area contributed by atoms with Gasteiger partial charge in [0.05, 0.1) is 0 Å². The number of amides is 1. The minimum Gasteiger partial charge on any atom is -0.459 e. The predicted molar refractivity (Wildman–Crippen MR) is 79.5 cm³/mol. The van der Waals surface area contributed by atoms with E-state index in [0.29, 0.717) is 18.7 Å². The van der Waals surface area contributed by atoms with Crippen LogP contribution in [0.5, 0.6) is 5.19 Å². The third-order valence-electron chi connectivity index (χ3n) is 2.85. The van der Waals surface area contributed by atoms with Gasteiger partial charge in [-0.1, -0.05) is 23.4 Å². The Morgan fingerprint density at radius 3 is 2.46 bits per heavy atom. The lowest BCUT2D eigenvalue weighted by atomic mass is 10.2. The van der Waals surface area contributed by atoms with Gasteiger partial charge in [-0.05, 0) is 30.7 Å². The van der Waals surface area contributed by atoms with Crippen molar-refractivity contribution >= 4 is 22.9 Å². The molecule has 0 spiro atoms. The number of rotatable bonds is 6. The van der Waals surface area contributed by atoms with Crippen LogP contribution in [0.15, 0.2) is 24.3 Å².